The summed E-state index contributed by atoms with van der Waals surface area (Å²) in [4.78, 5) is 10.4. The summed E-state index contributed by atoms with van der Waals surface area (Å²) in [5.74, 6) is -1.92. The molecule has 4 nitrogen and oxygen atoms in total. The summed E-state index contributed by atoms with van der Waals surface area (Å²) in [7, 11) is 0. The summed E-state index contributed by atoms with van der Waals surface area (Å²) in [6.07, 6.45) is 0. The van der Waals surface area contributed by atoms with Crippen molar-refractivity contribution in [3.05, 3.63) is 33.8 Å². The van der Waals surface area contributed by atoms with Gasteiger partial charge in [0.1, 0.15) is 18.2 Å². The summed E-state index contributed by atoms with van der Waals surface area (Å²) in [5, 5.41) is 0. The molecule has 1 amide bonds. The number of hydrogen-bond acceptors (Lipinski definition) is 3. The molecule has 1 aromatic rings. The summed E-state index contributed by atoms with van der Waals surface area (Å²) in [6.45, 7) is -0.435. The predicted octanol–water partition coefficient (Wildman–Crippen LogP) is 1.23. The Morgan fingerprint density at radius 3 is 2.65 bits per heavy atom. The zero-order chi connectivity index (χ0) is 13.0. The van der Waals surface area contributed by atoms with Gasteiger partial charge in [-0.3, -0.25) is 4.79 Å². The van der Waals surface area contributed by atoms with E-state index in [1.165, 1.54) is 0 Å². The fourth-order valence-corrected chi connectivity index (χ4v) is 1.51. The third-order valence-electron chi connectivity index (χ3n) is 1.98. The van der Waals surface area contributed by atoms with E-state index in [2.05, 4.69) is 15.9 Å². The first-order valence-corrected chi connectivity index (χ1v) is 5.47. The van der Waals surface area contributed by atoms with Gasteiger partial charge >= 0.3 is 0 Å². The van der Waals surface area contributed by atoms with Gasteiger partial charge in [-0.1, -0.05) is 0 Å². The quantitative estimate of drug-likeness (QED) is 0.803. The zero-order valence-corrected chi connectivity index (χ0v) is 10.3. The lowest BCUT2D eigenvalue weighted by atomic mass is 10.1. The number of halogens is 3. The molecule has 0 heterocycles. The number of primary amides is 1. The highest BCUT2D eigenvalue weighted by Crippen LogP contribution is 2.23. The molecule has 0 saturated carbocycles. The second-order valence-corrected chi connectivity index (χ2v) is 4.23. The fraction of sp³-hybridized carbons (Fsp3) is 0.300. The SMILES string of the molecule is NC(=O)COCC(N)c1cc(F)c(Br)cc1F. The van der Waals surface area contributed by atoms with Gasteiger partial charge in [-0.15, -0.1) is 0 Å². The molecule has 1 rings (SSSR count). The monoisotopic (exact) mass is 308 g/mol. The van der Waals surface area contributed by atoms with Crippen molar-refractivity contribution in [3.8, 4) is 0 Å². The van der Waals surface area contributed by atoms with Gasteiger partial charge in [0.25, 0.3) is 0 Å². The molecule has 1 aromatic carbocycles. The minimum atomic E-state index is -0.864. The Hall–Kier alpha value is -1.05. The van der Waals surface area contributed by atoms with Crippen LogP contribution in [0.5, 0.6) is 0 Å². The molecule has 0 aliphatic heterocycles. The molecule has 0 aromatic heterocycles. The molecule has 1 atom stereocenters. The summed E-state index contributed by atoms with van der Waals surface area (Å²) < 4.78 is 31.5. The average Bonchev–Trinajstić information content (AvgIpc) is 2.22. The van der Waals surface area contributed by atoms with Gasteiger partial charge in [0, 0.05) is 5.56 Å². The Morgan fingerprint density at radius 1 is 1.41 bits per heavy atom. The zero-order valence-electron chi connectivity index (χ0n) is 8.75. The summed E-state index contributed by atoms with van der Waals surface area (Å²) >= 11 is 2.85. The van der Waals surface area contributed by atoms with Gasteiger partial charge in [-0.05, 0) is 28.1 Å². The van der Waals surface area contributed by atoms with Crippen molar-refractivity contribution in [2.75, 3.05) is 13.2 Å². The number of rotatable bonds is 5. The molecular weight excluding hydrogens is 298 g/mol. The minimum Gasteiger partial charge on any atom is -0.370 e. The fourth-order valence-electron chi connectivity index (χ4n) is 1.20. The number of amides is 1. The molecule has 0 fully saturated rings. The third-order valence-corrected chi connectivity index (χ3v) is 2.59. The van der Waals surface area contributed by atoms with Crippen LogP contribution in [0.4, 0.5) is 8.78 Å². The highest BCUT2D eigenvalue weighted by Gasteiger charge is 2.15. The van der Waals surface area contributed by atoms with E-state index >= 15 is 0 Å². The van der Waals surface area contributed by atoms with Crippen LogP contribution in [0, 0.1) is 11.6 Å². The van der Waals surface area contributed by atoms with E-state index in [0.717, 1.165) is 12.1 Å². The van der Waals surface area contributed by atoms with Crippen LogP contribution in [0.25, 0.3) is 0 Å². The predicted molar refractivity (Wildman–Crippen MR) is 61.0 cm³/mol. The van der Waals surface area contributed by atoms with Crippen molar-refractivity contribution in [1.82, 2.24) is 0 Å². The lowest BCUT2D eigenvalue weighted by Crippen LogP contribution is -2.24. The summed E-state index contributed by atoms with van der Waals surface area (Å²) in [6, 6.07) is 1.10. The Bertz CT molecular complexity index is 429. The maximum absolute atomic E-state index is 13.4. The van der Waals surface area contributed by atoms with E-state index in [4.69, 9.17) is 16.2 Å². The molecule has 0 aliphatic carbocycles. The van der Waals surface area contributed by atoms with Crippen LogP contribution in [0.3, 0.4) is 0 Å². The van der Waals surface area contributed by atoms with Crippen LogP contribution < -0.4 is 11.5 Å². The van der Waals surface area contributed by atoms with Crippen molar-refractivity contribution < 1.29 is 18.3 Å². The molecular formula is C10H11BrF2N2O2. The molecule has 94 valence electrons. The largest absolute Gasteiger partial charge is 0.370 e. The standard InChI is InChI=1S/C10H11BrF2N2O2/c11-6-2-7(12)5(1-8(6)13)9(14)3-17-4-10(15)16/h1-2,9H,3-4,14H2,(H2,15,16). The van der Waals surface area contributed by atoms with Crippen molar-refractivity contribution in [2.45, 2.75) is 6.04 Å². The van der Waals surface area contributed by atoms with Crippen molar-refractivity contribution in [3.63, 3.8) is 0 Å². The first-order valence-electron chi connectivity index (χ1n) is 4.68. The van der Waals surface area contributed by atoms with Crippen molar-refractivity contribution in [1.29, 1.82) is 0 Å². The topological polar surface area (TPSA) is 78.3 Å². The summed E-state index contributed by atoms with van der Waals surface area (Å²) in [5.41, 5.74) is 10.4. The van der Waals surface area contributed by atoms with Gasteiger partial charge in [0.2, 0.25) is 5.91 Å². The lowest BCUT2D eigenvalue weighted by molar-refractivity contribution is -0.122. The molecule has 17 heavy (non-hydrogen) atoms. The van der Waals surface area contributed by atoms with Crippen molar-refractivity contribution in [2.24, 2.45) is 11.5 Å². The van der Waals surface area contributed by atoms with Crippen LogP contribution in [-0.4, -0.2) is 19.1 Å². The molecule has 4 N–H and O–H groups in total. The molecule has 0 bridgehead atoms. The minimum absolute atomic E-state index is 0.0176. The molecule has 1 unspecified atom stereocenters. The molecule has 7 heteroatoms. The van der Waals surface area contributed by atoms with E-state index in [1.54, 1.807) is 0 Å². The van der Waals surface area contributed by atoms with Crippen LogP contribution >= 0.6 is 15.9 Å². The molecule has 0 spiro atoms. The number of nitrogens with two attached hydrogens (primary N) is 2. The molecule has 0 aliphatic rings. The second kappa shape index (κ2) is 6.04. The highest BCUT2D eigenvalue weighted by molar-refractivity contribution is 9.10. The third kappa shape index (κ3) is 4.03. The number of hydrogen-bond donors (Lipinski definition) is 2. The van der Waals surface area contributed by atoms with E-state index in [1.807, 2.05) is 0 Å². The van der Waals surface area contributed by atoms with Gasteiger partial charge in [0.15, 0.2) is 0 Å². The second-order valence-electron chi connectivity index (χ2n) is 3.38. The molecule has 0 radical (unpaired) electrons. The van der Waals surface area contributed by atoms with E-state index < -0.39 is 23.6 Å². The van der Waals surface area contributed by atoms with Gasteiger partial charge in [0.05, 0.1) is 17.1 Å². The Balaban J connectivity index is 2.71. The van der Waals surface area contributed by atoms with Crippen LogP contribution in [0.2, 0.25) is 0 Å². The Labute approximate surface area is 105 Å². The maximum atomic E-state index is 13.4. The van der Waals surface area contributed by atoms with E-state index in [9.17, 15) is 13.6 Å². The van der Waals surface area contributed by atoms with Crippen LogP contribution in [0.1, 0.15) is 11.6 Å². The normalized spacial score (nSPS) is 12.5. The number of carbonyl (C=O) groups is 1. The van der Waals surface area contributed by atoms with Gasteiger partial charge in [-0.25, -0.2) is 8.78 Å². The Morgan fingerprint density at radius 2 is 2.06 bits per heavy atom. The average molecular weight is 309 g/mol. The van der Waals surface area contributed by atoms with Crippen LogP contribution in [-0.2, 0) is 9.53 Å². The highest BCUT2D eigenvalue weighted by atomic mass is 79.9. The van der Waals surface area contributed by atoms with E-state index in [-0.39, 0.29) is 23.2 Å². The van der Waals surface area contributed by atoms with Crippen LogP contribution in [0.15, 0.2) is 16.6 Å². The van der Waals surface area contributed by atoms with Gasteiger partial charge in [-0.2, -0.15) is 0 Å². The maximum Gasteiger partial charge on any atom is 0.243 e. The number of benzene rings is 1. The van der Waals surface area contributed by atoms with E-state index in [0.29, 0.717) is 0 Å². The lowest BCUT2D eigenvalue weighted by Gasteiger charge is -2.13. The Kier molecular flexibility index (Phi) is 4.98. The number of ether oxygens (including phenoxy) is 1. The van der Waals surface area contributed by atoms with Crippen molar-refractivity contribution >= 4 is 21.8 Å². The first kappa shape index (κ1) is 14.0. The number of carbonyl (C=O) groups excluding carboxylic acids is 1. The smallest absolute Gasteiger partial charge is 0.243 e. The molecule has 0 saturated heterocycles. The van der Waals surface area contributed by atoms with Gasteiger partial charge < -0.3 is 16.2 Å². The first-order chi connectivity index (χ1) is 7.91.